The highest BCUT2D eigenvalue weighted by Gasteiger charge is 2.13. The smallest absolute Gasteiger partial charge is 0.258 e. The largest absolute Gasteiger partial charge is 0.355 e. The first-order valence-electron chi connectivity index (χ1n) is 8.89. The average molecular weight is 342 g/mol. The number of piperazine rings is 1. The van der Waals surface area contributed by atoms with Crippen molar-refractivity contribution in [2.24, 2.45) is 0 Å². The van der Waals surface area contributed by atoms with E-state index in [2.05, 4.69) is 22.2 Å². The third kappa shape index (κ3) is 4.67. The number of hydrogen-bond donors (Lipinski definition) is 1. The van der Waals surface area contributed by atoms with E-state index < -0.39 is 0 Å². The van der Waals surface area contributed by atoms with Crippen molar-refractivity contribution in [2.45, 2.75) is 13.0 Å². The van der Waals surface area contributed by atoms with Gasteiger partial charge in [0.2, 0.25) is 5.91 Å². The number of fused-ring (bicyclic) bond motifs is 1. The molecule has 2 heterocycles. The van der Waals surface area contributed by atoms with Crippen molar-refractivity contribution in [1.82, 2.24) is 19.7 Å². The number of carbonyl (C=O) groups excluding carboxylic acids is 1. The highest BCUT2D eigenvalue weighted by molar-refractivity contribution is 5.82. The SMILES string of the molecule is CN1CCN(CCCNC(=O)Cn2ccc3ccccc3c2=O)CC1. The van der Waals surface area contributed by atoms with Crippen molar-refractivity contribution in [2.75, 3.05) is 46.3 Å². The van der Waals surface area contributed by atoms with Crippen LogP contribution in [0.25, 0.3) is 10.8 Å². The molecule has 1 aromatic heterocycles. The Morgan fingerprint density at radius 1 is 1.12 bits per heavy atom. The van der Waals surface area contributed by atoms with E-state index in [1.54, 1.807) is 12.3 Å². The van der Waals surface area contributed by atoms with Crippen LogP contribution >= 0.6 is 0 Å². The summed E-state index contributed by atoms with van der Waals surface area (Å²) in [5.74, 6) is -0.115. The fourth-order valence-electron chi connectivity index (χ4n) is 3.17. The van der Waals surface area contributed by atoms with E-state index in [1.807, 2.05) is 24.3 Å². The highest BCUT2D eigenvalue weighted by Crippen LogP contribution is 2.07. The van der Waals surface area contributed by atoms with Gasteiger partial charge in [-0.1, -0.05) is 18.2 Å². The van der Waals surface area contributed by atoms with Gasteiger partial charge in [0.05, 0.1) is 0 Å². The fraction of sp³-hybridized carbons (Fsp3) is 0.474. The number of aromatic nitrogens is 1. The Morgan fingerprint density at radius 2 is 1.88 bits per heavy atom. The maximum Gasteiger partial charge on any atom is 0.258 e. The monoisotopic (exact) mass is 342 g/mol. The summed E-state index contributed by atoms with van der Waals surface area (Å²) in [4.78, 5) is 29.3. The van der Waals surface area contributed by atoms with Gasteiger partial charge in [-0.2, -0.15) is 0 Å². The first-order valence-corrected chi connectivity index (χ1v) is 8.89. The van der Waals surface area contributed by atoms with Crippen LogP contribution in [-0.4, -0.2) is 66.6 Å². The molecule has 134 valence electrons. The fourth-order valence-corrected chi connectivity index (χ4v) is 3.17. The second-order valence-electron chi connectivity index (χ2n) is 6.68. The third-order valence-corrected chi connectivity index (χ3v) is 4.77. The molecule has 3 rings (SSSR count). The van der Waals surface area contributed by atoms with Crippen LogP contribution in [0.1, 0.15) is 6.42 Å². The second kappa shape index (κ2) is 8.27. The Balaban J connectivity index is 1.45. The zero-order valence-electron chi connectivity index (χ0n) is 14.8. The third-order valence-electron chi connectivity index (χ3n) is 4.77. The Kier molecular flexibility index (Phi) is 5.83. The van der Waals surface area contributed by atoms with Crippen LogP contribution in [0.3, 0.4) is 0 Å². The molecule has 1 N–H and O–H groups in total. The number of likely N-dealkylation sites (N-methyl/N-ethyl adjacent to an activating group) is 1. The zero-order valence-corrected chi connectivity index (χ0v) is 14.8. The molecule has 6 heteroatoms. The predicted molar refractivity (Wildman–Crippen MR) is 99.8 cm³/mol. The summed E-state index contributed by atoms with van der Waals surface area (Å²) in [5.41, 5.74) is -0.120. The number of benzene rings is 1. The van der Waals surface area contributed by atoms with Crippen molar-refractivity contribution in [3.05, 3.63) is 46.9 Å². The summed E-state index contributed by atoms with van der Waals surface area (Å²) in [5, 5.41) is 4.46. The number of rotatable bonds is 6. The lowest BCUT2D eigenvalue weighted by Crippen LogP contribution is -2.45. The molecule has 2 aromatic rings. The van der Waals surface area contributed by atoms with Crippen LogP contribution in [0.15, 0.2) is 41.3 Å². The van der Waals surface area contributed by atoms with Crippen molar-refractivity contribution >= 4 is 16.7 Å². The highest BCUT2D eigenvalue weighted by atomic mass is 16.2. The Labute approximate surface area is 148 Å². The molecule has 1 amide bonds. The van der Waals surface area contributed by atoms with Crippen LogP contribution in [0, 0.1) is 0 Å². The van der Waals surface area contributed by atoms with E-state index in [1.165, 1.54) is 4.57 Å². The lowest BCUT2D eigenvalue weighted by atomic mass is 10.2. The molecule has 0 aliphatic carbocycles. The van der Waals surface area contributed by atoms with Crippen molar-refractivity contribution in [3.63, 3.8) is 0 Å². The molecule has 1 aromatic carbocycles. The summed E-state index contributed by atoms with van der Waals surface area (Å²) < 4.78 is 1.47. The van der Waals surface area contributed by atoms with Gasteiger partial charge in [-0.3, -0.25) is 9.59 Å². The van der Waals surface area contributed by atoms with Crippen molar-refractivity contribution < 1.29 is 4.79 Å². The van der Waals surface area contributed by atoms with Gasteiger partial charge in [0.15, 0.2) is 0 Å². The topological polar surface area (TPSA) is 57.6 Å². The van der Waals surface area contributed by atoms with Gasteiger partial charge in [-0.05, 0) is 37.5 Å². The summed E-state index contributed by atoms with van der Waals surface area (Å²) in [6.45, 7) is 6.12. The van der Waals surface area contributed by atoms with Crippen LogP contribution in [0.4, 0.5) is 0 Å². The van der Waals surface area contributed by atoms with Gasteiger partial charge in [0, 0.05) is 44.3 Å². The molecular weight excluding hydrogens is 316 g/mol. The van der Waals surface area contributed by atoms with Gasteiger partial charge < -0.3 is 19.7 Å². The van der Waals surface area contributed by atoms with Crippen LogP contribution < -0.4 is 10.9 Å². The minimum atomic E-state index is -0.120. The molecule has 0 saturated carbocycles. The molecule has 0 bridgehead atoms. The van der Waals surface area contributed by atoms with E-state index >= 15 is 0 Å². The maximum atomic E-state index is 12.4. The van der Waals surface area contributed by atoms with Gasteiger partial charge in [-0.25, -0.2) is 0 Å². The summed E-state index contributed by atoms with van der Waals surface area (Å²) in [6.07, 6.45) is 2.62. The van der Waals surface area contributed by atoms with E-state index in [0.29, 0.717) is 11.9 Å². The summed E-state index contributed by atoms with van der Waals surface area (Å²) in [6, 6.07) is 9.31. The molecule has 1 aliphatic heterocycles. The van der Waals surface area contributed by atoms with E-state index in [-0.39, 0.29) is 18.0 Å². The lowest BCUT2D eigenvalue weighted by molar-refractivity contribution is -0.121. The Bertz CT molecular complexity index is 778. The first kappa shape index (κ1) is 17.6. The number of amides is 1. The van der Waals surface area contributed by atoms with E-state index in [4.69, 9.17) is 0 Å². The van der Waals surface area contributed by atoms with Crippen molar-refractivity contribution in [1.29, 1.82) is 0 Å². The molecule has 6 nitrogen and oxygen atoms in total. The molecule has 25 heavy (non-hydrogen) atoms. The average Bonchev–Trinajstić information content (AvgIpc) is 2.63. The molecule has 0 unspecified atom stereocenters. The molecule has 0 spiro atoms. The molecule has 0 radical (unpaired) electrons. The second-order valence-corrected chi connectivity index (χ2v) is 6.68. The van der Waals surface area contributed by atoms with Crippen molar-refractivity contribution in [3.8, 4) is 0 Å². The van der Waals surface area contributed by atoms with Gasteiger partial charge in [0.25, 0.3) is 5.56 Å². The number of nitrogens with zero attached hydrogens (tertiary/aromatic N) is 3. The standard InChI is InChI=1S/C19H26N4O2/c1-21-11-13-22(14-12-21)9-4-8-20-18(24)15-23-10-7-16-5-2-3-6-17(16)19(23)25/h2-3,5-7,10H,4,8-9,11-15H2,1H3,(H,20,24). The summed E-state index contributed by atoms with van der Waals surface area (Å²) in [7, 11) is 2.15. The van der Waals surface area contributed by atoms with Gasteiger partial charge in [-0.15, -0.1) is 0 Å². The van der Waals surface area contributed by atoms with Crippen LogP contribution in [0.5, 0.6) is 0 Å². The Morgan fingerprint density at radius 3 is 2.68 bits per heavy atom. The number of pyridine rings is 1. The number of carbonyl (C=O) groups is 1. The first-order chi connectivity index (χ1) is 12.1. The lowest BCUT2D eigenvalue weighted by Gasteiger charge is -2.32. The quantitative estimate of drug-likeness (QED) is 0.788. The minimum Gasteiger partial charge on any atom is -0.355 e. The molecular formula is C19H26N4O2. The predicted octanol–water partition coefficient (Wildman–Crippen LogP) is 0.755. The molecule has 1 saturated heterocycles. The van der Waals surface area contributed by atoms with Gasteiger partial charge in [0.1, 0.15) is 6.54 Å². The Hall–Kier alpha value is -2.18. The maximum absolute atomic E-state index is 12.4. The number of nitrogens with one attached hydrogen (secondary N) is 1. The normalized spacial score (nSPS) is 16.2. The molecule has 0 atom stereocenters. The number of hydrogen-bond acceptors (Lipinski definition) is 4. The zero-order chi connectivity index (χ0) is 17.6. The molecule has 1 aliphatic rings. The molecule has 1 fully saturated rings. The van der Waals surface area contributed by atoms with Crippen LogP contribution in [0.2, 0.25) is 0 Å². The summed E-state index contributed by atoms with van der Waals surface area (Å²) >= 11 is 0. The van der Waals surface area contributed by atoms with Crippen LogP contribution in [-0.2, 0) is 11.3 Å². The van der Waals surface area contributed by atoms with E-state index in [9.17, 15) is 9.59 Å². The van der Waals surface area contributed by atoms with E-state index in [0.717, 1.165) is 44.5 Å². The van der Waals surface area contributed by atoms with Gasteiger partial charge >= 0.3 is 0 Å². The minimum absolute atomic E-state index is 0.0676.